The zero-order chi connectivity index (χ0) is 9.07. The lowest BCUT2D eigenvalue weighted by molar-refractivity contribution is -0.243. The number of nitrogens with zero attached hydrogens (tertiary/aromatic N) is 1. The zero-order valence-electron chi connectivity index (χ0n) is 8.34. The van der Waals surface area contributed by atoms with Gasteiger partial charge in [0.1, 0.15) is 6.23 Å². The van der Waals surface area contributed by atoms with Crippen molar-refractivity contribution in [3.05, 3.63) is 0 Å². The van der Waals surface area contributed by atoms with Gasteiger partial charge in [-0.05, 0) is 34.9 Å². The van der Waals surface area contributed by atoms with Crippen molar-refractivity contribution in [1.29, 1.82) is 0 Å². The second-order valence-corrected chi connectivity index (χ2v) is 3.28. The Morgan fingerprint density at radius 3 is 2.00 bits per heavy atom. The van der Waals surface area contributed by atoms with Crippen molar-refractivity contribution in [1.82, 2.24) is 4.90 Å². The van der Waals surface area contributed by atoms with Crippen LogP contribution in [0.25, 0.3) is 0 Å². The van der Waals surface area contributed by atoms with Gasteiger partial charge in [-0.2, -0.15) is 0 Å². The van der Waals surface area contributed by atoms with Crippen LogP contribution in [0.2, 0.25) is 0 Å². The predicted octanol–water partition coefficient (Wildman–Crippen LogP) is 1.29. The smallest absolute Gasteiger partial charge is 0.164 e. The molecule has 0 fully saturated rings. The van der Waals surface area contributed by atoms with E-state index in [1.807, 2.05) is 39.8 Å². The number of rotatable bonds is 4. The van der Waals surface area contributed by atoms with Crippen LogP contribution in [0, 0.1) is 0 Å². The van der Waals surface area contributed by atoms with E-state index in [0.29, 0.717) is 0 Å². The van der Waals surface area contributed by atoms with Crippen molar-refractivity contribution in [3.8, 4) is 0 Å². The molecule has 0 N–H and O–H groups in total. The molecule has 3 nitrogen and oxygen atoms in total. The largest absolute Gasteiger partial charge is 0.354 e. The topological polar surface area (TPSA) is 21.7 Å². The summed E-state index contributed by atoms with van der Waals surface area (Å²) < 4.78 is 10.7. The van der Waals surface area contributed by atoms with Gasteiger partial charge in [-0.25, -0.2) is 0 Å². The Morgan fingerprint density at radius 1 is 1.27 bits per heavy atom. The molecule has 0 aliphatic carbocycles. The maximum absolute atomic E-state index is 5.55. The van der Waals surface area contributed by atoms with Crippen LogP contribution in [-0.2, 0) is 9.47 Å². The third-order valence-electron chi connectivity index (χ3n) is 1.67. The van der Waals surface area contributed by atoms with Gasteiger partial charge >= 0.3 is 0 Å². The molecule has 0 aromatic rings. The molecule has 3 heteroatoms. The van der Waals surface area contributed by atoms with E-state index >= 15 is 0 Å². The quantitative estimate of drug-likeness (QED) is 0.580. The lowest BCUT2D eigenvalue weighted by Crippen LogP contribution is -2.38. The first-order valence-electron chi connectivity index (χ1n) is 3.78. The average Bonchev–Trinajstić information content (AvgIpc) is 1.87. The fourth-order valence-electron chi connectivity index (χ4n) is 0.564. The van der Waals surface area contributed by atoms with E-state index < -0.39 is 5.79 Å². The summed E-state index contributed by atoms with van der Waals surface area (Å²) in [6, 6.07) is 0. The first kappa shape index (κ1) is 10.9. The molecule has 1 atom stereocenters. The maximum Gasteiger partial charge on any atom is 0.164 e. The number of hydrogen-bond donors (Lipinski definition) is 0. The summed E-state index contributed by atoms with van der Waals surface area (Å²) in [5, 5.41) is 0. The molecule has 0 saturated heterocycles. The Kier molecular flexibility index (Phi) is 4.00. The monoisotopic (exact) mass is 161 g/mol. The van der Waals surface area contributed by atoms with E-state index in [-0.39, 0.29) is 6.23 Å². The first-order chi connectivity index (χ1) is 4.89. The second-order valence-electron chi connectivity index (χ2n) is 3.28. The average molecular weight is 161 g/mol. The van der Waals surface area contributed by atoms with E-state index in [1.165, 1.54) is 0 Å². The van der Waals surface area contributed by atoms with Crippen LogP contribution in [-0.4, -0.2) is 38.1 Å². The standard InChI is InChI=1S/C8H19NO2/c1-7(9(4)5)11-8(2,3)10-6/h7H,1-6H3. The van der Waals surface area contributed by atoms with E-state index in [0.717, 1.165) is 0 Å². The first-order valence-corrected chi connectivity index (χ1v) is 3.78. The molecular weight excluding hydrogens is 142 g/mol. The van der Waals surface area contributed by atoms with E-state index in [1.54, 1.807) is 7.11 Å². The molecule has 0 aromatic carbocycles. The molecule has 0 bridgehead atoms. The number of hydrogen-bond acceptors (Lipinski definition) is 3. The van der Waals surface area contributed by atoms with Crippen LogP contribution in [0.5, 0.6) is 0 Å². The molecule has 68 valence electrons. The summed E-state index contributed by atoms with van der Waals surface area (Å²) in [6.45, 7) is 5.78. The van der Waals surface area contributed by atoms with Crippen LogP contribution < -0.4 is 0 Å². The van der Waals surface area contributed by atoms with Crippen LogP contribution >= 0.6 is 0 Å². The summed E-state index contributed by atoms with van der Waals surface area (Å²) in [6.07, 6.45) is 0.0740. The van der Waals surface area contributed by atoms with E-state index in [9.17, 15) is 0 Å². The highest BCUT2D eigenvalue weighted by Crippen LogP contribution is 2.13. The highest BCUT2D eigenvalue weighted by Gasteiger charge is 2.20. The highest BCUT2D eigenvalue weighted by molar-refractivity contribution is 4.55. The van der Waals surface area contributed by atoms with Gasteiger partial charge in [0, 0.05) is 7.11 Å². The molecule has 0 spiro atoms. The SMILES string of the molecule is COC(C)(C)OC(C)N(C)C. The zero-order valence-corrected chi connectivity index (χ0v) is 8.34. The maximum atomic E-state index is 5.55. The van der Waals surface area contributed by atoms with Gasteiger partial charge in [-0.15, -0.1) is 0 Å². The Hall–Kier alpha value is -0.120. The fourth-order valence-corrected chi connectivity index (χ4v) is 0.564. The minimum absolute atomic E-state index is 0.0740. The van der Waals surface area contributed by atoms with Crippen LogP contribution in [0.15, 0.2) is 0 Å². The van der Waals surface area contributed by atoms with Gasteiger partial charge in [0.25, 0.3) is 0 Å². The van der Waals surface area contributed by atoms with Crippen molar-refractivity contribution in [2.24, 2.45) is 0 Å². The summed E-state index contributed by atoms with van der Waals surface area (Å²) in [5.74, 6) is -0.496. The molecule has 0 saturated carbocycles. The summed E-state index contributed by atoms with van der Waals surface area (Å²) in [5.41, 5.74) is 0. The Balaban J connectivity index is 3.83. The molecule has 0 aromatic heterocycles. The third-order valence-corrected chi connectivity index (χ3v) is 1.67. The Bertz CT molecular complexity index is 113. The number of ether oxygens (including phenoxy) is 2. The Labute approximate surface area is 69.3 Å². The molecule has 0 radical (unpaired) electrons. The molecule has 0 rings (SSSR count). The predicted molar refractivity (Wildman–Crippen MR) is 45.3 cm³/mol. The van der Waals surface area contributed by atoms with Crippen molar-refractivity contribution >= 4 is 0 Å². The Morgan fingerprint density at radius 2 is 1.73 bits per heavy atom. The summed E-state index contributed by atoms with van der Waals surface area (Å²) in [4.78, 5) is 1.99. The molecule has 0 amide bonds. The number of methoxy groups -OCH3 is 1. The fraction of sp³-hybridized carbons (Fsp3) is 1.00. The second kappa shape index (κ2) is 4.04. The summed E-state index contributed by atoms with van der Waals surface area (Å²) >= 11 is 0. The molecular formula is C8H19NO2. The van der Waals surface area contributed by atoms with Gasteiger partial charge in [-0.1, -0.05) is 0 Å². The summed E-state index contributed by atoms with van der Waals surface area (Å²) in [7, 11) is 5.58. The van der Waals surface area contributed by atoms with Crippen molar-refractivity contribution < 1.29 is 9.47 Å². The van der Waals surface area contributed by atoms with E-state index in [4.69, 9.17) is 9.47 Å². The van der Waals surface area contributed by atoms with Crippen molar-refractivity contribution in [2.45, 2.75) is 32.8 Å². The minimum Gasteiger partial charge on any atom is -0.354 e. The third kappa shape index (κ3) is 4.35. The molecule has 0 aliphatic heterocycles. The lowest BCUT2D eigenvalue weighted by atomic mass is 10.4. The van der Waals surface area contributed by atoms with Crippen LogP contribution in [0.3, 0.4) is 0 Å². The van der Waals surface area contributed by atoms with Crippen LogP contribution in [0.1, 0.15) is 20.8 Å². The van der Waals surface area contributed by atoms with E-state index in [2.05, 4.69) is 0 Å². The highest BCUT2D eigenvalue weighted by atomic mass is 16.7. The van der Waals surface area contributed by atoms with Crippen molar-refractivity contribution in [2.75, 3.05) is 21.2 Å². The van der Waals surface area contributed by atoms with Gasteiger partial charge in [0.15, 0.2) is 5.79 Å². The van der Waals surface area contributed by atoms with Gasteiger partial charge in [0.2, 0.25) is 0 Å². The normalized spacial score (nSPS) is 15.5. The molecule has 11 heavy (non-hydrogen) atoms. The van der Waals surface area contributed by atoms with Crippen molar-refractivity contribution in [3.63, 3.8) is 0 Å². The minimum atomic E-state index is -0.496. The molecule has 1 unspecified atom stereocenters. The lowest BCUT2D eigenvalue weighted by Gasteiger charge is -2.30. The van der Waals surface area contributed by atoms with Gasteiger partial charge in [-0.3, -0.25) is 4.90 Å². The van der Waals surface area contributed by atoms with Gasteiger partial charge < -0.3 is 9.47 Å². The van der Waals surface area contributed by atoms with Crippen LogP contribution in [0.4, 0.5) is 0 Å². The molecule has 0 aliphatic rings. The molecule has 0 heterocycles. The van der Waals surface area contributed by atoms with Gasteiger partial charge in [0.05, 0.1) is 0 Å².